The van der Waals surface area contributed by atoms with Crippen LogP contribution in [0.25, 0.3) is 11.3 Å². The normalized spacial score (nSPS) is 11.2. The topological polar surface area (TPSA) is 40.7 Å². The molecule has 1 heterocycles. The first-order valence-corrected chi connectivity index (χ1v) is 7.07. The second-order valence-electron chi connectivity index (χ2n) is 5.09. The van der Waals surface area contributed by atoms with E-state index in [1.165, 1.54) is 11.3 Å². The second-order valence-corrected chi connectivity index (χ2v) is 5.09. The van der Waals surface area contributed by atoms with Gasteiger partial charge in [0.2, 0.25) is 0 Å². The molecule has 2 aromatic rings. The van der Waals surface area contributed by atoms with Gasteiger partial charge in [0.25, 0.3) is 0 Å². The fraction of sp³-hybridized carbons (Fsp3) is 0.438. The Labute approximate surface area is 115 Å². The zero-order valence-electron chi connectivity index (χ0n) is 12.0. The number of imidazole rings is 1. The third-order valence-electron chi connectivity index (χ3n) is 3.14. The van der Waals surface area contributed by atoms with Crippen LogP contribution in [0.5, 0.6) is 0 Å². The molecule has 0 atom stereocenters. The van der Waals surface area contributed by atoms with E-state index in [-0.39, 0.29) is 0 Å². The average Bonchev–Trinajstić information content (AvgIpc) is 2.82. The van der Waals surface area contributed by atoms with Crippen LogP contribution in [-0.4, -0.2) is 22.6 Å². The van der Waals surface area contributed by atoms with Crippen molar-refractivity contribution in [1.29, 1.82) is 0 Å². The molecule has 0 saturated carbocycles. The van der Waals surface area contributed by atoms with Gasteiger partial charge in [0, 0.05) is 30.3 Å². The van der Waals surface area contributed by atoms with Gasteiger partial charge in [-0.3, -0.25) is 0 Å². The number of nitrogens with one attached hydrogen (secondary N) is 2. The minimum absolute atomic E-state index is 0.522. The molecule has 0 saturated heterocycles. The largest absolute Gasteiger partial charge is 0.345 e. The van der Waals surface area contributed by atoms with Gasteiger partial charge in [-0.1, -0.05) is 51.1 Å². The molecule has 0 unspecified atom stereocenters. The molecule has 0 radical (unpaired) electrons. The van der Waals surface area contributed by atoms with Gasteiger partial charge in [-0.25, -0.2) is 4.98 Å². The van der Waals surface area contributed by atoms with E-state index in [4.69, 9.17) is 4.98 Å². The Kier molecular flexibility index (Phi) is 4.74. The van der Waals surface area contributed by atoms with Gasteiger partial charge in [-0.15, -0.1) is 0 Å². The smallest absolute Gasteiger partial charge is 0.108 e. The van der Waals surface area contributed by atoms with Gasteiger partial charge in [0.15, 0.2) is 0 Å². The zero-order valence-corrected chi connectivity index (χ0v) is 12.0. The van der Waals surface area contributed by atoms with E-state index in [2.05, 4.69) is 55.3 Å². The maximum Gasteiger partial charge on any atom is 0.108 e. The summed E-state index contributed by atoms with van der Waals surface area (Å²) < 4.78 is 0. The Bertz CT molecular complexity index is 500. The number of hydrogen-bond acceptors (Lipinski definition) is 2. The number of aromatic amines is 1. The summed E-state index contributed by atoms with van der Waals surface area (Å²) in [5.74, 6) is 1.07. The second kappa shape index (κ2) is 6.53. The van der Waals surface area contributed by atoms with Gasteiger partial charge >= 0.3 is 0 Å². The minimum atomic E-state index is 0.522. The van der Waals surface area contributed by atoms with E-state index >= 15 is 0 Å². The molecule has 2 N–H and O–H groups in total. The van der Waals surface area contributed by atoms with E-state index in [1.807, 2.05) is 6.07 Å². The van der Waals surface area contributed by atoms with Crippen LogP contribution in [0.3, 0.4) is 0 Å². The summed E-state index contributed by atoms with van der Waals surface area (Å²) in [5.41, 5.74) is 3.52. The molecule has 0 spiro atoms. The van der Waals surface area contributed by atoms with Gasteiger partial charge in [-0.05, 0) is 6.42 Å². The molecule has 102 valence electrons. The summed E-state index contributed by atoms with van der Waals surface area (Å²) in [6, 6.07) is 10.9. The van der Waals surface area contributed by atoms with Crippen LogP contribution in [0.4, 0.5) is 0 Å². The van der Waals surface area contributed by atoms with E-state index < -0.39 is 0 Å². The van der Waals surface area contributed by atoms with Crippen molar-refractivity contribution in [2.45, 2.75) is 39.7 Å². The summed E-state index contributed by atoms with van der Waals surface area (Å²) in [7, 11) is 0. The number of H-pyrrole nitrogens is 1. The SMILES string of the molecule is CCc1[nH]c(CCNC(C)C)nc1-c1ccccc1. The Balaban J connectivity index is 2.14. The number of hydrogen-bond donors (Lipinski definition) is 2. The van der Waals surface area contributed by atoms with Crippen molar-refractivity contribution in [3.05, 3.63) is 41.9 Å². The average molecular weight is 257 g/mol. The van der Waals surface area contributed by atoms with Gasteiger partial charge in [0.05, 0.1) is 5.69 Å². The van der Waals surface area contributed by atoms with Crippen molar-refractivity contribution in [3.63, 3.8) is 0 Å². The number of benzene rings is 1. The summed E-state index contributed by atoms with van der Waals surface area (Å²) in [6.07, 6.45) is 1.92. The van der Waals surface area contributed by atoms with Crippen molar-refractivity contribution in [1.82, 2.24) is 15.3 Å². The Morgan fingerprint density at radius 1 is 1.21 bits per heavy atom. The van der Waals surface area contributed by atoms with Crippen molar-refractivity contribution in [2.24, 2.45) is 0 Å². The highest BCUT2D eigenvalue weighted by Gasteiger charge is 2.10. The Morgan fingerprint density at radius 3 is 2.58 bits per heavy atom. The van der Waals surface area contributed by atoms with Crippen LogP contribution in [0, 0.1) is 0 Å². The first kappa shape index (κ1) is 13.8. The van der Waals surface area contributed by atoms with Crippen LogP contribution in [0.2, 0.25) is 0 Å². The molecule has 0 amide bonds. The molecule has 0 aliphatic rings. The lowest BCUT2D eigenvalue weighted by Crippen LogP contribution is -2.25. The summed E-state index contributed by atoms with van der Waals surface area (Å²) in [5, 5.41) is 3.42. The maximum atomic E-state index is 4.75. The molecular weight excluding hydrogens is 234 g/mol. The van der Waals surface area contributed by atoms with E-state index in [0.29, 0.717) is 6.04 Å². The predicted octanol–water partition coefficient (Wildman–Crippen LogP) is 3.18. The summed E-state index contributed by atoms with van der Waals surface area (Å²) >= 11 is 0. The minimum Gasteiger partial charge on any atom is -0.345 e. The highest BCUT2D eigenvalue weighted by Crippen LogP contribution is 2.21. The van der Waals surface area contributed by atoms with Crippen LogP contribution in [0.1, 0.15) is 32.3 Å². The van der Waals surface area contributed by atoms with Crippen LogP contribution >= 0.6 is 0 Å². The third kappa shape index (κ3) is 3.67. The lowest BCUT2D eigenvalue weighted by atomic mass is 10.1. The first-order chi connectivity index (χ1) is 9.20. The first-order valence-electron chi connectivity index (χ1n) is 7.07. The molecule has 19 heavy (non-hydrogen) atoms. The van der Waals surface area contributed by atoms with Gasteiger partial charge in [-0.2, -0.15) is 0 Å². The van der Waals surface area contributed by atoms with Crippen LogP contribution < -0.4 is 5.32 Å². The van der Waals surface area contributed by atoms with Crippen LogP contribution in [-0.2, 0) is 12.8 Å². The van der Waals surface area contributed by atoms with Gasteiger partial charge < -0.3 is 10.3 Å². The van der Waals surface area contributed by atoms with E-state index in [1.54, 1.807) is 0 Å². The fourth-order valence-electron chi connectivity index (χ4n) is 2.15. The molecule has 0 bridgehead atoms. The summed E-state index contributed by atoms with van der Waals surface area (Å²) in [4.78, 5) is 8.21. The molecular formula is C16H23N3. The maximum absolute atomic E-state index is 4.75. The number of nitrogens with zero attached hydrogens (tertiary/aromatic N) is 1. The molecule has 3 nitrogen and oxygen atoms in total. The zero-order chi connectivity index (χ0) is 13.7. The number of rotatable bonds is 6. The molecule has 2 rings (SSSR count). The standard InChI is InChI=1S/C16H23N3/c1-4-14-16(13-8-6-5-7-9-13)19-15(18-14)10-11-17-12(2)3/h5-9,12,17H,4,10-11H2,1-3H3,(H,18,19). The molecule has 1 aromatic carbocycles. The van der Waals surface area contributed by atoms with Crippen molar-refractivity contribution in [2.75, 3.05) is 6.54 Å². The van der Waals surface area contributed by atoms with Crippen molar-refractivity contribution >= 4 is 0 Å². The highest BCUT2D eigenvalue weighted by molar-refractivity contribution is 5.62. The lowest BCUT2D eigenvalue weighted by molar-refractivity contribution is 0.584. The summed E-state index contributed by atoms with van der Waals surface area (Å²) in [6.45, 7) is 7.45. The predicted molar refractivity (Wildman–Crippen MR) is 80.2 cm³/mol. The molecule has 0 fully saturated rings. The van der Waals surface area contributed by atoms with E-state index in [9.17, 15) is 0 Å². The highest BCUT2D eigenvalue weighted by atomic mass is 15.0. The van der Waals surface area contributed by atoms with E-state index in [0.717, 1.165) is 30.9 Å². The Morgan fingerprint density at radius 2 is 1.95 bits per heavy atom. The number of aryl methyl sites for hydroxylation is 1. The third-order valence-corrected chi connectivity index (χ3v) is 3.14. The van der Waals surface area contributed by atoms with Gasteiger partial charge in [0.1, 0.15) is 5.82 Å². The molecule has 0 aliphatic heterocycles. The Hall–Kier alpha value is -1.61. The van der Waals surface area contributed by atoms with Crippen LogP contribution in [0.15, 0.2) is 30.3 Å². The number of aromatic nitrogens is 2. The molecule has 1 aromatic heterocycles. The quantitative estimate of drug-likeness (QED) is 0.834. The fourth-order valence-corrected chi connectivity index (χ4v) is 2.15. The molecule has 3 heteroatoms. The van der Waals surface area contributed by atoms with Crippen molar-refractivity contribution in [3.8, 4) is 11.3 Å². The van der Waals surface area contributed by atoms with Crippen molar-refractivity contribution < 1.29 is 0 Å². The monoisotopic (exact) mass is 257 g/mol. The molecule has 0 aliphatic carbocycles. The lowest BCUT2D eigenvalue weighted by Gasteiger charge is -2.05.